The molecule has 4 atom stereocenters. The van der Waals surface area contributed by atoms with Gasteiger partial charge in [-0.2, -0.15) is 0 Å². The van der Waals surface area contributed by atoms with E-state index in [1.165, 1.54) is 0 Å². The highest BCUT2D eigenvalue weighted by Gasteiger charge is 2.45. The number of rotatable bonds is 6. The average Bonchev–Trinajstić information content (AvgIpc) is 2.63. The van der Waals surface area contributed by atoms with Gasteiger partial charge in [0.2, 0.25) is 0 Å². The van der Waals surface area contributed by atoms with Crippen molar-refractivity contribution in [3.63, 3.8) is 0 Å². The average molecular weight is 407 g/mol. The molecule has 0 spiro atoms. The Morgan fingerprint density at radius 1 is 1.21 bits per heavy atom. The van der Waals surface area contributed by atoms with Gasteiger partial charge in [-0.25, -0.2) is 0 Å². The molecule has 0 aliphatic carbocycles. The minimum Gasteiger partial charge on any atom is -0.410 e. The number of aliphatic hydroxyl groups is 2. The minimum absolute atomic E-state index is 0.00594. The predicted octanol–water partition coefficient (Wildman–Crippen LogP) is 3.31. The summed E-state index contributed by atoms with van der Waals surface area (Å²) in [6.45, 7) is 11.6. The van der Waals surface area contributed by atoms with Gasteiger partial charge in [-0.3, -0.25) is 0 Å². The van der Waals surface area contributed by atoms with Crippen LogP contribution in [0.25, 0.3) is 0 Å². The third kappa shape index (κ3) is 6.15. The van der Waals surface area contributed by atoms with Crippen LogP contribution in [0, 0.1) is 17.8 Å². The van der Waals surface area contributed by atoms with Crippen LogP contribution in [0.3, 0.4) is 0 Å². The van der Waals surface area contributed by atoms with E-state index in [1.807, 2.05) is 30.3 Å². The maximum absolute atomic E-state index is 10.9. The molecule has 5 nitrogen and oxygen atoms in total. The van der Waals surface area contributed by atoms with Crippen molar-refractivity contribution in [3.05, 3.63) is 35.9 Å². The Balaban J connectivity index is 2.11. The van der Waals surface area contributed by atoms with Gasteiger partial charge in [0.1, 0.15) is 6.10 Å². The summed E-state index contributed by atoms with van der Waals surface area (Å²) < 4.78 is 18.2. The Bertz CT molecular complexity index is 659. The molecule has 0 amide bonds. The van der Waals surface area contributed by atoms with Crippen LogP contribution in [0.1, 0.15) is 32.8 Å². The molecule has 6 heteroatoms. The standard InChI is InChI=1S/C22H34O5Si/c1-22(2,3)28(4,5)27-19-16-26-21(20(24)18(19)13-9-10-14-23)25-15-17-11-7-6-8-12-17/h6-8,11-12,18-21,23-24H,10,14-16H2,1-5H3/t18-,19+,20+,21+/m1/s1. The van der Waals surface area contributed by atoms with Gasteiger partial charge >= 0.3 is 0 Å². The fraction of sp³-hybridized carbons (Fsp3) is 0.636. The van der Waals surface area contributed by atoms with E-state index in [4.69, 9.17) is 19.0 Å². The van der Waals surface area contributed by atoms with Crippen molar-refractivity contribution >= 4 is 8.32 Å². The second-order valence-corrected chi connectivity index (χ2v) is 13.5. The van der Waals surface area contributed by atoms with Gasteiger partial charge in [-0.05, 0) is 23.7 Å². The Morgan fingerprint density at radius 2 is 1.89 bits per heavy atom. The van der Waals surface area contributed by atoms with Crippen molar-refractivity contribution < 1.29 is 24.1 Å². The van der Waals surface area contributed by atoms with Gasteiger partial charge in [0.05, 0.1) is 31.8 Å². The van der Waals surface area contributed by atoms with Gasteiger partial charge in [-0.1, -0.05) is 57.0 Å². The molecule has 1 aromatic rings. The maximum atomic E-state index is 10.9. The number of ether oxygens (including phenoxy) is 2. The van der Waals surface area contributed by atoms with Gasteiger partial charge in [0.25, 0.3) is 0 Å². The SMILES string of the molecule is CC(C)(C)[Si](C)(C)O[C@H]1CO[C@H](OCc2ccccc2)[C@@H](O)[C@@H]1C#CCCO. The summed E-state index contributed by atoms with van der Waals surface area (Å²) in [7, 11) is -2.05. The van der Waals surface area contributed by atoms with E-state index in [0.717, 1.165) is 5.56 Å². The third-order valence-corrected chi connectivity index (χ3v) is 9.99. The molecule has 28 heavy (non-hydrogen) atoms. The molecule has 1 aromatic carbocycles. The third-order valence-electron chi connectivity index (χ3n) is 5.49. The van der Waals surface area contributed by atoms with Crippen LogP contribution in [-0.2, 0) is 20.5 Å². The van der Waals surface area contributed by atoms with Gasteiger partial charge in [-0.15, -0.1) is 5.92 Å². The molecule has 1 fully saturated rings. The van der Waals surface area contributed by atoms with E-state index in [-0.39, 0.29) is 17.7 Å². The Labute approximate surface area is 170 Å². The summed E-state index contributed by atoms with van der Waals surface area (Å²) in [5, 5.41) is 20.0. The topological polar surface area (TPSA) is 68.2 Å². The monoisotopic (exact) mass is 406 g/mol. The van der Waals surface area contributed by atoms with Gasteiger partial charge < -0.3 is 24.1 Å². The van der Waals surface area contributed by atoms with Crippen LogP contribution >= 0.6 is 0 Å². The predicted molar refractivity (Wildman–Crippen MR) is 112 cm³/mol. The van der Waals surface area contributed by atoms with Crippen LogP contribution < -0.4 is 0 Å². The van der Waals surface area contributed by atoms with Crippen LogP contribution in [0.15, 0.2) is 30.3 Å². The van der Waals surface area contributed by atoms with Crippen LogP contribution in [0.5, 0.6) is 0 Å². The highest BCUT2D eigenvalue weighted by atomic mass is 28.4. The Hall–Kier alpha value is -1.20. The zero-order valence-electron chi connectivity index (χ0n) is 17.6. The van der Waals surface area contributed by atoms with E-state index in [0.29, 0.717) is 19.6 Å². The number of hydrogen-bond donors (Lipinski definition) is 2. The molecule has 0 aromatic heterocycles. The molecule has 0 unspecified atom stereocenters. The molecule has 156 valence electrons. The lowest BCUT2D eigenvalue weighted by molar-refractivity contribution is -0.250. The Morgan fingerprint density at radius 3 is 2.50 bits per heavy atom. The summed E-state index contributed by atoms with van der Waals surface area (Å²) in [6, 6.07) is 9.78. The molecule has 1 aliphatic rings. The second kappa shape index (κ2) is 10.0. The van der Waals surface area contributed by atoms with E-state index < -0.39 is 26.6 Å². The quantitative estimate of drug-likeness (QED) is 0.560. The molecular weight excluding hydrogens is 372 g/mol. The van der Waals surface area contributed by atoms with Crippen LogP contribution in [0.2, 0.25) is 18.1 Å². The summed E-state index contributed by atoms with van der Waals surface area (Å²) >= 11 is 0. The summed E-state index contributed by atoms with van der Waals surface area (Å²) in [5.74, 6) is 5.63. The first-order chi connectivity index (χ1) is 13.2. The zero-order chi connectivity index (χ0) is 20.8. The maximum Gasteiger partial charge on any atom is 0.192 e. The molecule has 1 heterocycles. The van der Waals surface area contributed by atoms with Crippen LogP contribution in [-0.4, -0.2) is 50.2 Å². The van der Waals surface area contributed by atoms with Crippen LogP contribution in [0.4, 0.5) is 0 Å². The Kier molecular flexibility index (Phi) is 8.26. The van der Waals surface area contributed by atoms with E-state index in [2.05, 4.69) is 45.7 Å². The van der Waals surface area contributed by atoms with Crippen molar-refractivity contribution in [2.75, 3.05) is 13.2 Å². The van der Waals surface area contributed by atoms with E-state index in [9.17, 15) is 5.11 Å². The molecule has 1 saturated heterocycles. The number of aliphatic hydroxyl groups excluding tert-OH is 2. The highest BCUT2D eigenvalue weighted by molar-refractivity contribution is 6.74. The van der Waals surface area contributed by atoms with Crippen molar-refractivity contribution in [3.8, 4) is 11.8 Å². The van der Waals surface area contributed by atoms with E-state index >= 15 is 0 Å². The summed E-state index contributed by atoms with van der Waals surface area (Å²) in [4.78, 5) is 0. The molecule has 2 N–H and O–H groups in total. The number of benzene rings is 1. The normalized spacial score (nSPS) is 25.8. The fourth-order valence-corrected chi connectivity index (χ4v) is 4.09. The molecule has 1 aliphatic heterocycles. The second-order valence-electron chi connectivity index (χ2n) is 8.73. The largest absolute Gasteiger partial charge is 0.410 e. The number of hydrogen-bond acceptors (Lipinski definition) is 5. The fourth-order valence-electron chi connectivity index (χ4n) is 2.77. The van der Waals surface area contributed by atoms with Gasteiger partial charge in [0, 0.05) is 6.42 Å². The van der Waals surface area contributed by atoms with Crippen molar-refractivity contribution in [1.29, 1.82) is 0 Å². The molecule has 2 rings (SSSR count). The molecule has 0 saturated carbocycles. The minimum atomic E-state index is -2.05. The first-order valence-corrected chi connectivity index (χ1v) is 12.8. The first kappa shape index (κ1) is 23.1. The summed E-state index contributed by atoms with van der Waals surface area (Å²) in [5.41, 5.74) is 1.01. The van der Waals surface area contributed by atoms with E-state index in [1.54, 1.807) is 0 Å². The lowest BCUT2D eigenvalue weighted by Crippen LogP contribution is -2.55. The van der Waals surface area contributed by atoms with Gasteiger partial charge in [0.15, 0.2) is 14.6 Å². The highest BCUT2D eigenvalue weighted by Crippen LogP contribution is 2.39. The van der Waals surface area contributed by atoms with Crippen molar-refractivity contribution in [1.82, 2.24) is 0 Å². The lowest BCUT2D eigenvalue weighted by Gasteiger charge is -2.44. The molecule has 0 radical (unpaired) electrons. The first-order valence-electron chi connectivity index (χ1n) is 9.88. The lowest BCUT2D eigenvalue weighted by atomic mass is 9.94. The molecular formula is C22H34O5Si. The smallest absolute Gasteiger partial charge is 0.192 e. The summed E-state index contributed by atoms with van der Waals surface area (Å²) in [6.07, 6.45) is -1.63. The molecule has 0 bridgehead atoms. The zero-order valence-corrected chi connectivity index (χ0v) is 18.6. The van der Waals surface area contributed by atoms with Crippen molar-refractivity contribution in [2.24, 2.45) is 5.92 Å². The van der Waals surface area contributed by atoms with Crippen molar-refractivity contribution in [2.45, 2.75) is 70.4 Å².